The summed E-state index contributed by atoms with van der Waals surface area (Å²) in [6, 6.07) is 5.34. The molecule has 1 unspecified atom stereocenters. The molecular formula is C12H13F3O. The molecule has 4 heteroatoms. The van der Waals surface area contributed by atoms with Gasteiger partial charge < -0.3 is 5.11 Å². The van der Waals surface area contributed by atoms with Crippen LogP contribution in [0.1, 0.15) is 23.1 Å². The number of alkyl halides is 3. The highest BCUT2D eigenvalue weighted by Crippen LogP contribution is 2.26. The van der Waals surface area contributed by atoms with Gasteiger partial charge in [-0.2, -0.15) is 13.2 Å². The smallest absolute Gasteiger partial charge is 0.383 e. The van der Waals surface area contributed by atoms with Crippen LogP contribution in [0.25, 0.3) is 0 Å². The Morgan fingerprint density at radius 3 is 2.56 bits per heavy atom. The van der Waals surface area contributed by atoms with Crippen molar-refractivity contribution >= 4 is 0 Å². The first kappa shape index (κ1) is 11.5. The molecule has 0 saturated carbocycles. The van der Waals surface area contributed by atoms with E-state index >= 15 is 0 Å². The Morgan fingerprint density at radius 2 is 1.88 bits per heavy atom. The summed E-state index contributed by atoms with van der Waals surface area (Å²) in [5.74, 6) is 0. The Balaban J connectivity index is 2.11. The first-order valence-corrected chi connectivity index (χ1v) is 5.32. The summed E-state index contributed by atoms with van der Waals surface area (Å²) in [6.07, 6.45) is -4.12. The first-order valence-electron chi connectivity index (χ1n) is 5.32. The van der Waals surface area contributed by atoms with Gasteiger partial charge in [0.15, 0.2) is 6.10 Å². The van der Waals surface area contributed by atoms with E-state index in [1.807, 2.05) is 6.07 Å². The van der Waals surface area contributed by atoms with Crippen LogP contribution in [0.5, 0.6) is 0 Å². The minimum absolute atomic E-state index is 0.350. The first-order chi connectivity index (χ1) is 7.47. The van der Waals surface area contributed by atoms with Gasteiger partial charge in [-0.05, 0) is 36.0 Å². The third-order valence-electron chi connectivity index (χ3n) is 2.97. The number of benzene rings is 1. The number of hydrogen-bond acceptors (Lipinski definition) is 1. The maximum absolute atomic E-state index is 12.2. The Labute approximate surface area is 91.9 Å². The SMILES string of the molecule is OC(Cc1ccc2c(c1)CCC2)C(F)(F)F. The minimum atomic E-state index is -4.53. The highest BCUT2D eigenvalue weighted by molar-refractivity contribution is 5.35. The van der Waals surface area contributed by atoms with E-state index in [1.54, 1.807) is 12.1 Å². The summed E-state index contributed by atoms with van der Waals surface area (Å²) in [5, 5.41) is 8.96. The lowest BCUT2D eigenvalue weighted by Gasteiger charge is -2.14. The molecule has 1 aromatic rings. The van der Waals surface area contributed by atoms with Gasteiger partial charge in [0.2, 0.25) is 0 Å². The predicted octanol–water partition coefficient (Wildman–Crippen LogP) is 2.64. The molecule has 0 spiro atoms. The lowest BCUT2D eigenvalue weighted by molar-refractivity contribution is -0.203. The zero-order valence-electron chi connectivity index (χ0n) is 8.72. The fraction of sp³-hybridized carbons (Fsp3) is 0.500. The fourth-order valence-corrected chi connectivity index (χ4v) is 2.09. The lowest BCUT2D eigenvalue weighted by Crippen LogP contribution is -2.30. The van der Waals surface area contributed by atoms with Crippen molar-refractivity contribution in [3.63, 3.8) is 0 Å². The molecule has 1 N–H and O–H groups in total. The molecule has 0 bridgehead atoms. The number of halogens is 3. The second-order valence-corrected chi connectivity index (χ2v) is 4.22. The summed E-state index contributed by atoms with van der Waals surface area (Å²) in [7, 11) is 0. The average molecular weight is 230 g/mol. The monoisotopic (exact) mass is 230 g/mol. The van der Waals surface area contributed by atoms with Gasteiger partial charge >= 0.3 is 6.18 Å². The molecule has 0 aliphatic heterocycles. The summed E-state index contributed by atoms with van der Waals surface area (Å²) < 4.78 is 36.5. The Hall–Kier alpha value is -1.03. The normalized spacial score (nSPS) is 17.2. The molecule has 1 aliphatic rings. The van der Waals surface area contributed by atoms with Crippen molar-refractivity contribution in [3.8, 4) is 0 Å². The van der Waals surface area contributed by atoms with Crippen molar-refractivity contribution in [1.82, 2.24) is 0 Å². The molecule has 1 aliphatic carbocycles. The Morgan fingerprint density at radius 1 is 1.19 bits per heavy atom. The zero-order valence-corrected chi connectivity index (χ0v) is 8.72. The molecule has 1 nitrogen and oxygen atoms in total. The van der Waals surface area contributed by atoms with E-state index in [0.717, 1.165) is 24.8 Å². The molecule has 1 aromatic carbocycles. The molecule has 16 heavy (non-hydrogen) atoms. The van der Waals surface area contributed by atoms with Gasteiger partial charge in [0.05, 0.1) is 0 Å². The number of aliphatic hydroxyl groups is 1. The highest BCUT2D eigenvalue weighted by Gasteiger charge is 2.38. The third-order valence-corrected chi connectivity index (χ3v) is 2.97. The van der Waals surface area contributed by atoms with Crippen molar-refractivity contribution in [3.05, 3.63) is 34.9 Å². The third kappa shape index (κ3) is 2.38. The molecule has 0 aromatic heterocycles. The van der Waals surface area contributed by atoms with Gasteiger partial charge in [0, 0.05) is 6.42 Å². The molecular weight excluding hydrogens is 217 g/mol. The molecule has 0 fully saturated rings. The van der Waals surface area contributed by atoms with Crippen molar-refractivity contribution < 1.29 is 18.3 Å². The number of rotatable bonds is 2. The van der Waals surface area contributed by atoms with Crippen molar-refractivity contribution in [2.45, 2.75) is 38.0 Å². The topological polar surface area (TPSA) is 20.2 Å². The molecule has 0 heterocycles. The van der Waals surface area contributed by atoms with E-state index in [0.29, 0.717) is 5.56 Å². The molecule has 0 radical (unpaired) electrons. The maximum atomic E-state index is 12.2. The molecule has 0 saturated heterocycles. The van der Waals surface area contributed by atoms with Crippen LogP contribution in [0.15, 0.2) is 18.2 Å². The van der Waals surface area contributed by atoms with Crippen LogP contribution >= 0.6 is 0 Å². The minimum Gasteiger partial charge on any atom is -0.383 e. The number of fused-ring (bicyclic) bond motifs is 1. The quantitative estimate of drug-likeness (QED) is 0.828. The van der Waals surface area contributed by atoms with Gasteiger partial charge in [-0.25, -0.2) is 0 Å². The number of aryl methyl sites for hydroxylation is 2. The standard InChI is InChI=1S/C12H13F3O/c13-12(14,15)11(16)7-8-4-5-9-2-1-3-10(9)6-8/h4-6,11,16H,1-3,7H2. The van der Waals surface area contributed by atoms with Crippen LogP contribution in [0.4, 0.5) is 13.2 Å². The van der Waals surface area contributed by atoms with E-state index in [4.69, 9.17) is 5.11 Å². The van der Waals surface area contributed by atoms with Crippen LogP contribution < -0.4 is 0 Å². The van der Waals surface area contributed by atoms with E-state index in [2.05, 4.69) is 0 Å². The fourth-order valence-electron chi connectivity index (χ4n) is 2.09. The van der Waals surface area contributed by atoms with Gasteiger partial charge in [0.25, 0.3) is 0 Å². The van der Waals surface area contributed by atoms with Crippen molar-refractivity contribution in [2.24, 2.45) is 0 Å². The second kappa shape index (κ2) is 4.09. The van der Waals surface area contributed by atoms with Crippen LogP contribution in [-0.4, -0.2) is 17.4 Å². The maximum Gasteiger partial charge on any atom is 0.414 e. The van der Waals surface area contributed by atoms with Crippen molar-refractivity contribution in [1.29, 1.82) is 0 Å². The van der Waals surface area contributed by atoms with Gasteiger partial charge in [-0.1, -0.05) is 18.2 Å². The van der Waals surface area contributed by atoms with Gasteiger partial charge in [0.1, 0.15) is 0 Å². The molecule has 1 atom stereocenters. The number of hydrogen-bond donors (Lipinski definition) is 1. The molecule has 88 valence electrons. The molecule has 2 rings (SSSR count). The van der Waals surface area contributed by atoms with Crippen LogP contribution in [0.2, 0.25) is 0 Å². The summed E-state index contributed by atoms with van der Waals surface area (Å²) >= 11 is 0. The lowest BCUT2D eigenvalue weighted by atomic mass is 10.0. The van der Waals surface area contributed by atoms with E-state index in [1.165, 1.54) is 5.56 Å². The zero-order chi connectivity index (χ0) is 11.8. The van der Waals surface area contributed by atoms with Crippen LogP contribution in [-0.2, 0) is 19.3 Å². The largest absolute Gasteiger partial charge is 0.414 e. The average Bonchev–Trinajstić information content (AvgIpc) is 2.63. The van der Waals surface area contributed by atoms with Crippen molar-refractivity contribution in [2.75, 3.05) is 0 Å². The Kier molecular flexibility index (Phi) is 2.93. The van der Waals surface area contributed by atoms with Crippen LogP contribution in [0.3, 0.4) is 0 Å². The van der Waals surface area contributed by atoms with E-state index < -0.39 is 12.3 Å². The predicted molar refractivity (Wildman–Crippen MR) is 54.2 cm³/mol. The Bertz CT molecular complexity index is 384. The summed E-state index contributed by atoms with van der Waals surface area (Å²) in [5.41, 5.74) is 2.92. The summed E-state index contributed by atoms with van der Waals surface area (Å²) in [4.78, 5) is 0. The summed E-state index contributed by atoms with van der Waals surface area (Å²) in [6.45, 7) is 0. The van der Waals surface area contributed by atoms with Gasteiger partial charge in [-0.3, -0.25) is 0 Å². The van der Waals surface area contributed by atoms with E-state index in [9.17, 15) is 13.2 Å². The van der Waals surface area contributed by atoms with Crippen LogP contribution in [0, 0.1) is 0 Å². The van der Waals surface area contributed by atoms with Gasteiger partial charge in [-0.15, -0.1) is 0 Å². The number of aliphatic hydroxyl groups excluding tert-OH is 1. The van der Waals surface area contributed by atoms with E-state index in [-0.39, 0.29) is 6.42 Å². The highest BCUT2D eigenvalue weighted by atomic mass is 19.4. The molecule has 0 amide bonds. The second-order valence-electron chi connectivity index (χ2n) is 4.22.